The van der Waals surface area contributed by atoms with Crippen molar-refractivity contribution in [2.75, 3.05) is 39.3 Å². The van der Waals surface area contributed by atoms with Gasteiger partial charge in [0.1, 0.15) is 5.82 Å². The van der Waals surface area contributed by atoms with Crippen LogP contribution in [0.5, 0.6) is 0 Å². The Morgan fingerprint density at radius 2 is 1.53 bits per heavy atom. The average molecular weight is 454 g/mol. The quantitative estimate of drug-likeness (QED) is 0.495. The summed E-state index contributed by atoms with van der Waals surface area (Å²) in [5, 5.41) is 17.7. The molecule has 1 unspecified atom stereocenters. The van der Waals surface area contributed by atoms with Gasteiger partial charge in [0, 0.05) is 32.7 Å². The van der Waals surface area contributed by atoms with Gasteiger partial charge in [-0.15, -0.1) is 0 Å². The number of carbonyl (C=O) groups is 3. The topological polar surface area (TPSA) is 110 Å². The zero-order valence-electron chi connectivity index (χ0n) is 19.1. The van der Waals surface area contributed by atoms with Crippen LogP contribution in [-0.4, -0.2) is 77.3 Å². The van der Waals surface area contributed by atoms with Crippen LogP contribution in [0.3, 0.4) is 0 Å². The van der Waals surface area contributed by atoms with Gasteiger partial charge in [-0.05, 0) is 56.3 Å². The average Bonchev–Trinajstić information content (AvgIpc) is 2.77. The van der Waals surface area contributed by atoms with E-state index in [1.165, 1.54) is 24.8 Å². The molecule has 0 saturated carbocycles. The van der Waals surface area contributed by atoms with E-state index >= 15 is 0 Å². The Bertz CT molecular complexity index is 694. The van der Waals surface area contributed by atoms with Gasteiger partial charge in [0.25, 0.3) is 0 Å². The first-order chi connectivity index (χ1) is 15.3. The van der Waals surface area contributed by atoms with Crippen LogP contribution in [0.1, 0.15) is 57.4 Å². The van der Waals surface area contributed by atoms with Crippen molar-refractivity contribution in [3.8, 4) is 0 Å². The van der Waals surface area contributed by atoms with Gasteiger partial charge < -0.3 is 20.4 Å². The fourth-order valence-corrected chi connectivity index (χ4v) is 3.66. The second-order valence-corrected chi connectivity index (χ2v) is 7.81. The Labute approximate surface area is 189 Å². The minimum absolute atomic E-state index is 0.0584. The fraction of sp³-hybridized carbons (Fsp3) is 0.609. The lowest BCUT2D eigenvalue weighted by Crippen LogP contribution is -2.51. The molecule has 180 valence electrons. The molecule has 2 rings (SSSR count). The number of rotatable bonds is 9. The van der Waals surface area contributed by atoms with Crippen molar-refractivity contribution >= 4 is 18.0 Å². The number of hydrogen-bond acceptors (Lipinski definition) is 4. The van der Waals surface area contributed by atoms with Crippen LogP contribution >= 0.6 is 0 Å². The molecule has 0 bridgehead atoms. The molecule has 1 aromatic rings. The number of benzene rings is 1. The van der Waals surface area contributed by atoms with Crippen molar-refractivity contribution in [2.45, 2.75) is 51.9 Å². The molecule has 1 aromatic carbocycles. The number of carboxylic acid groups (broad SMARTS) is 2. The number of halogens is 1. The maximum Gasteiger partial charge on any atom is 0.414 e. The number of hydrogen-bond donors (Lipinski definition) is 3. The largest absolute Gasteiger partial charge is 0.473 e. The highest BCUT2D eigenvalue weighted by atomic mass is 19.1. The third-order valence-electron chi connectivity index (χ3n) is 5.44. The van der Waals surface area contributed by atoms with Gasteiger partial charge in [-0.2, -0.15) is 0 Å². The van der Waals surface area contributed by atoms with Crippen LogP contribution in [0.15, 0.2) is 24.3 Å². The molecule has 1 atom stereocenters. The van der Waals surface area contributed by atoms with Gasteiger partial charge >= 0.3 is 18.0 Å². The van der Waals surface area contributed by atoms with Crippen LogP contribution < -0.4 is 5.32 Å². The van der Waals surface area contributed by atoms with Gasteiger partial charge in [0.2, 0.25) is 0 Å². The molecule has 0 spiro atoms. The van der Waals surface area contributed by atoms with Crippen molar-refractivity contribution < 1.29 is 29.0 Å². The maximum atomic E-state index is 13.2. The first-order valence-electron chi connectivity index (χ1n) is 11.2. The number of piperazine rings is 1. The monoisotopic (exact) mass is 453 g/mol. The number of aliphatic carboxylic acids is 2. The van der Waals surface area contributed by atoms with Gasteiger partial charge in [-0.25, -0.2) is 18.8 Å². The highest BCUT2D eigenvalue weighted by Gasteiger charge is 2.20. The first kappa shape index (κ1) is 27.4. The second-order valence-electron chi connectivity index (χ2n) is 7.81. The number of nitrogens with one attached hydrogen (secondary N) is 1. The number of urea groups is 1. The number of carbonyl (C=O) groups excluding carboxylic acids is 1. The van der Waals surface area contributed by atoms with Crippen LogP contribution in [0.4, 0.5) is 9.18 Å². The summed E-state index contributed by atoms with van der Waals surface area (Å²) in [4.78, 5) is 34.4. The molecule has 0 aromatic heterocycles. The predicted molar refractivity (Wildman–Crippen MR) is 120 cm³/mol. The summed E-state index contributed by atoms with van der Waals surface area (Å²) in [6, 6.07) is 7.11. The SMILES string of the molecule is CCCCC(CCCN1CCN(C(=O)NCC)CC1)c1ccc(F)cc1.O=C(O)C(=O)O. The summed E-state index contributed by atoms with van der Waals surface area (Å²) in [5.74, 6) is -3.29. The van der Waals surface area contributed by atoms with E-state index < -0.39 is 11.9 Å². The lowest BCUT2D eigenvalue weighted by atomic mass is 9.89. The molecule has 3 N–H and O–H groups in total. The van der Waals surface area contributed by atoms with Gasteiger partial charge in [-0.1, -0.05) is 31.9 Å². The molecule has 0 aliphatic carbocycles. The number of amides is 2. The molecule has 8 nitrogen and oxygen atoms in total. The maximum absolute atomic E-state index is 13.2. The zero-order chi connectivity index (χ0) is 23.9. The summed E-state index contributed by atoms with van der Waals surface area (Å²) in [6.45, 7) is 9.45. The Hall–Kier alpha value is -2.68. The second kappa shape index (κ2) is 15.2. The number of nitrogens with zero attached hydrogens (tertiary/aromatic N) is 2. The highest BCUT2D eigenvalue weighted by molar-refractivity contribution is 6.27. The minimum Gasteiger partial charge on any atom is -0.473 e. The van der Waals surface area contributed by atoms with Crippen LogP contribution in [0.25, 0.3) is 0 Å². The van der Waals surface area contributed by atoms with E-state index in [1.54, 1.807) is 12.1 Å². The normalized spacial score (nSPS) is 14.8. The molecule has 1 heterocycles. The molecule has 32 heavy (non-hydrogen) atoms. The smallest absolute Gasteiger partial charge is 0.414 e. The Kier molecular flexibility index (Phi) is 13.0. The molecule has 1 fully saturated rings. The van der Waals surface area contributed by atoms with E-state index in [2.05, 4.69) is 17.1 Å². The standard InChI is InChI=1S/C21H34FN3O.C2H2O4/c1-3-5-7-18(19-9-11-20(22)12-10-19)8-6-13-24-14-16-25(17-15-24)21(26)23-4-2;3-1(4)2(5)6/h9-12,18H,3-8,13-17H2,1-2H3,(H,23,26);(H,3,4)(H,5,6). The molecular formula is C23H36FN3O5. The fourth-order valence-electron chi connectivity index (χ4n) is 3.66. The summed E-state index contributed by atoms with van der Waals surface area (Å²) in [6.07, 6.45) is 5.87. The van der Waals surface area contributed by atoms with Crippen molar-refractivity contribution in [2.24, 2.45) is 0 Å². The molecule has 1 aliphatic heterocycles. The summed E-state index contributed by atoms with van der Waals surface area (Å²) in [5.41, 5.74) is 1.26. The summed E-state index contributed by atoms with van der Waals surface area (Å²) < 4.78 is 13.2. The van der Waals surface area contributed by atoms with E-state index in [0.29, 0.717) is 12.5 Å². The van der Waals surface area contributed by atoms with Crippen LogP contribution in [0.2, 0.25) is 0 Å². The number of unbranched alkanes of at least 4 members (excludes halogenated alkanes) is 1. The van der Waals surface area contributed by atoms with Gasteiger partial charge in [0.15, 0.2) is 0 Å². The Balaban J connectivity index is 0.000000751. The molecular weight excluding hydrogens is 417 g/mol. The van der Waals surface area contributed by atoms with E-state index in [9.17, 15) is 9.18 Å². The van der Waals surface area contributed by atoms with Gasteiger partial charge in [0.05, 0.1) is 0 Å². The van der Waals surface area contributed by atoms with Crippen molar-refractivity contribution in [3.63, 3.8) is 0 Å². The molecule has 1 aliphatic rings. The minimum atomic E-state index is -1.82. The van der Waals surface area contributed by atoms with Crippen molar-refractivity contribution in [1.29, 1.82) is 0 Å². The Morgan fingerprint density at radius 3 is 2.03 bits per heavy atom. The molecule has 2 amide bonds. The van der Waals surface area contributed by atoms with E-state index in [-0.39, 0.29) is 11.8 Å². The lowest BCUT2D eigenvalue weighted by Gasteiger charge is -2.34. The summed E-state index contributed by atoms with van der Waals surface area (Å²) in [7, 11) is 0. The molecule has 1 saturated heterocycles. The first-order valence-corrected chi connectivity index (χ1v) is 11.2. The van der Waals surface area contributed by atoms with Gasteiger partial charge in [-0.3, -0.25) is 4.90 Å². The van der Waals surface area contributed by atoms with Crippen LogP contribution in [-0.2, 0) is 9.59 Å². The summed E-state index contributed by atoms with van der Waals surface area (Å²) >= 11 is 0. The lowest BCUT2D eigenvalue weighted by molar-refractivity contribution is -0.159. The van der Waals surface area contributed by atoms with Crippen molar-refractivity contribution in [3.05, 3.63) is 35.6 Å². The highest BCUT2D eigenvalue weighted by Crippen LogP contribution is 2.27. The molecule has 9 heteroatoms. The molecule has 0 radical (unpaired) electrons. The van der Waals surface area contributed by atoms with E-state index in [4.69, 9.17) is 19.8 Å². The van der Waals surface area contributed by atoms with E-state index in [1.807, 2.05) is 24.0 Å². The van der Waals surface area contributed by atoms with E-state index in [0.717, 1.165) is 45.6 Å². The third kappa shape index (κ3) is 10.6. The third-order valence-corrected chi connectivity index (χ3v) is 5.44. The predicted octanol–water partition coefficient (Wildman–Crippen LogP) is 3.38. The Morgan fingerprint density at radius 1 is 0.969 bits per heavy atom. The number of carboxylic acids is 2. The zero-order valence-corrected chi connectivity index (χ0v) is 19.1. The van der Waals surface area contributed by atoms with Crippen LogP contribution in [0, 0.1) is 5.82 Å². The van der Waals surface area contributed by atoms with Crippen molar-refractivity contribution in [1.82, 2.24) is 15.1 Å².